The number of nitrogens with two attached hydrogens (primary N) is 1. The Hall–Kier alpha value is -1.05. The fourth-order valence-electron chi connectivity index (χ4n) is 1.70. The van der Waals surface area contributed by atoms with E-state index in [1.54, 1.807) is 6.07 Å². The number of aromatic nitrogens is 2. The molecular weight excluding hydrogens is 236 g/mol. The second kappa shape index (κ2) is 6.63. The fraction of sp³-hybridized carbons (Fsp3) is 0.600. The molecule has 94 valence electrons. The maximum atomic E-state index is 5.29. The molecule has 0 unspecified atom stereocenters. The summed E-state index contributed by atoms with van der Waals surface area (Å²) in [6.07, 6.45) is 1.50. The molecule has 2 heterocycles. The minimum absolute atomic E-state index is 0.622. The lowest BCUT2D eigenvalue weighted by atomic mass is 10.4. The molecule has 2 rings (SSSR count). The first-order chi connectivity index (χ1) is 8.38. The van der Waals surface area contributed by atoms with Crippen molar-refractivity contribution in [3.05, 3.63) is 12.4 Å². The molecule has 0 radical (unpaired) electrons. The largest absolute Gasteiger partial charge is 0.369 e. The second-order valence-electron chi connectivity index (χ2n) is 3.81. The van der Waals surface area contributed by atoms with E-state index in [-0.39, 0.29) is 0 Å². The molecule has 1 aromatic heterocycles. The van der Waals surface area contributed by atoms with Crippen LogP contribution in [0.4, 0.5) is 11.6 Å². The van der Waals surface area contributed by atoms with Crippen molar-refractivity contribution < 1.29 is 0 Å². The maximum absolute atomic E-state index is 5.29. The molecule has 0 atom stereocenters. The van der Waals surface area contributed by atoms with Crippen molar-refractivity contribution in [2.24, 2.45) is 5.84 Å². The molecule has 1 aliphatic rings. The first-order valence-electron chi connectivity index (χ1n) is 5.71. The quantitative estimate of drug-likeness (QED) is 0.512. The Morgan fingerprint density at radius 1 is 1.29 bits per heavy atom. The fourth-order valence-corrected chi connectivity index (χ4v) is 2.68. The summed E-state index contributed by atoms with van der Waals surface area (Å²) in [5, 5.41) is 3.27. The van der Waals surface area contributed by atoms with E-state index in [1.807, 2.05) is 11.8 Å². The van der Waals surface area contributed by atoms with Gasteiger partial charge in [0.25, 0.3) is 0 Å². The van der Waals surface area contributed by atoms with E-state index in [4.69, 9.17) is 5.84 Å². The van der Waals surface area contributed by atoms with Crippen LogP contribution in [0.3, 0.4) is 0 Å². The van der Waals surface area contributed by atoms with Crippen molar-refractivity contribution in [2.75, 3.05) is 48.4 Å². The van der Waals surface area contributed by atoms with Crippen molar-refractivity contribution in [2.45, 2.75) is 0 Å². The van der Waals surface area contributed by atoms with E-state index in [9.17, 15) is 0 Å². The third-order valence-corrected chi connectivity index (χ3v) is 3.60. The van der Waals surface area contributed by atoms with E-state index in [1.165, 1.54) is 30.9 Å². The molecule has 1 aromatic rings. The highest BCUT2D eigenvalue weighted by Gasteiger charge is 2.09. The predicted molar refractivity (Wildman–Crippen MR) is 72.1 cm³/mol. The molecule has 0 bridgehead atoms. The van der Waals surface area contributed by atoms with Crippen LogP contribution >= 0.6 is 11.8 Å². The van der Waals surface area contributed by atoms with Crippen molar-refractivity contribution in [3.63, 3.8) is 0 Å². The van der Waals surface area contributed by atoms with Gasteiger partial charge in [-0.05, 0) is 0 Å². The number of rotatable bonds is 5. The summed E-state index contributed by atoms with van der Waals surface area (Å²) < 4.78 is 0. The Balaban J connectivity index is 1.73. The Bertz CT molecular complexity index is 341. The van der Waals surface area contributed by atoms with Crippen LogP contribution in [-0.4, -0.2) is 52.6 Å². The van der Waals surface area contributed by atoms with Gasteiger partial charge >= 0.3 is 0 Å². The molecule has 0 aromatic carbocycles. The molecule has 0 aliphatic carbocycles. The first-order valence-corrected chi connectivity index (χ1v) is 6.86. The van der Waals surface area contributed by atoms with Gasteiger partial charge in [0.1, 0.15) is 18.0 Å². The van der Waals surface area contributed by atoms with Gasteiger partial charge in [-0.15, -0.1) is 0 Å². The second-order valence-corrected chi connectivity index (χ2v) is 5.04. The van der Waals surface area contributed by atoms with Crippen LogP contribution in [-0.2, 0) is 0 Å². The van der Waals surface area contributed by atoms with Crippen LogP contribution in [0.5, 0.6) is 0 Å². The van der Waals surface area contributed by atoms with Gasteiger partial charge in [0.05, 0.1) is 0 Å². The Kier molecular flexibility index (Phi) is 4.84. The minimum atomic E-state index is 0.622. The summed E-state index contributed by atoms with van der Waals surface area (Å²) in [6.45, 7) is 4.32. The van der Waals surface area contributed by atoms with E-state index >= 15 is 0 Å². The summed E-state index contributed by atoms with van der Waals surface area (Å²) in [6, 6.07) is 1.80. The van der Waals surface area contributed by atoms with Crippen LogP contribution in [0, 0.1) is 0 Å². The lowest BCUT2D eigenvalue weighted by molar-refractivity contribution is 0.314. The lowest BCUT2D eigenvalue weighted by Crippen LogP contribution is -2.36. The van der Waals surface area contributed by atoms with Crippen LogP contribution in [0.25, 0.3) is 0 Å². The molecule has 17 heavy (non-hydrogen) atoms. The third-order valence-electron chi connectivity index (χ3n) is 2.65. The number of nitrogens with zero attached hydrogens (tertiary/aromatic N) is 3. The summed E-state index contributed by atoms with van der Waals surface area (Å²) in [7, 11) is 0. The van der Waals surface area contributed by atoms with Crippen LogP contribution < -0.4 is 16.6 Å². The van der Waals surface area contributed by atoms with E-state index in [2.05, 4.69) is 25.6 Å². The van der Waals surface area contributed by atoms with E-state index in [0.29, 0.717) is 5.82 Å². The number of hydrazine groups is 1. The minimum Gasteiger partial charge on any atom is -0.369 e. The van der Waals surface area contributed by atoms with Crippen molar-refractivity contribution in [1.29, 1.82) is 0 Å². The molecule has 0 amide bonds. The molecule has 1 aliphatic heterocycles. The smallest absolute Gasteiger partial charge is 0.145 e. The summed E-state index contributed by atoms with van der Waals surface area (Å²) in [5.74, 6) is 9.20. The number of hydrogen-bond acceptors (Lipinski definition) is 7. The normalized spacial score (nSPS) is 16.8. The van der Waals surface area contributed by atoms with Gasteiger partial charge < -0.3 is 10.7 Å². The van der Waals surface area contributed by atoms with Crippen molar-refractivity contribution >= 4 is 23.4 Å². The van der Waals surface area contributed by atoms with Crippen LogP contribution in [0.15, 0.2) is 12.4 Å². The van der Waals surface area contributed by atoms with E-state index in [0.717, 1.165) is 18.9 Å². The Labute approximate surface area is 105 Å². The van der Waals surface area contributed by atoms with Gasteiger partial charge in [0.15, 0.2) is 0 Å². The molecule has 1 fully saturated rings. The van der Waals surface area contributed by atoms with Crippen molar-refractivity contribution in [1.82, 2.24) is 14.9 Å². The summed E-state index contributed by atoms with van der Waals surface area (Å²) in [4.78, 5) is 10.6. The number of anilines is 2. The summed E-state index contributed by atoms with van der Waals surface area (Å²) in [5.41, 5.74) is 2.50. The third kappa shape index (κ3) is 4.03. The average molecular weight is 254 g/mol. The summed E-state index contributed by atoms with van der Waals surface area (Å²) >= 11 is 2.03. The average Bonchev–Trinajstić information content (AvgIpc) is 2.40. The van der Waals surface area contributed by atoms with Gasteiger partial charge in [-0.3, -0.25) is 4.90 Å². The highest BCUT2D eigenvalue weighted by atomic mass is 32.2. The molecular formula is C10H18N6S. The Morgan fingerprint density at radius 3 is 2.82 bits per heavy atom. The molecule has 1 saturated heterocycles. The SMILES string of the molecule is NNc1cc(NCCN2CCSCC2)ncn1. The predicted octanol–water partition coefficient (Wildman–Crippen LogP) is 0.223. The van der Waals surface area contributed by atoms with Gasteiger partial charge in [-0.25, -0.2) is 15.8 Å². The monoisotopic (exact) mass is 254 g/mol. The maximum Gasteiger partial charge on any atom is 0.145 e. The van der Waals surface area contributed by atoms with Crippen LogP contribution in [0.2, 0.25) is 0 Å². The highest BCUT2D eigenvalue weighted by Crippen LogP contribution is 2.09. The number of nitrogens with one attached hydrogen (secondary N) is 2. The van der Waals surface area contributed by atoms with Gasteiger partial charge in [-0.2, -0.15) is 11.8 Å². The van der Waals surface area contributed by atoms with Gasteiger partial charge in [0, 0.05) is 43.8 Å². The lowest BCUT2D eigenvalue weighted by Gasteiger charge is -2.26. The standard InChI is InChI=1S/C10H18N6S/c11-15-10-7-9(13-8-14-10)12-1-2-16-3-5-17-6-4-16/h7-8H,1-6,11H2,(H2,12,13,14,15). The van der Waals surface area contributed by atoms with Gasteiger partial charge in [-0.1, -0.05) is 0 Å². The molecule has 0 saturated carbocycles. The zero-order chi connectivity index (χ0) is 11.9. The first kappa shape index (κ1) is 12.4. The Morgan fingerprint density at radius 2 is 2.06 bits per heavy atom. The molecule has 0 spiro atoms. The number of thioether (sulfide) groups is 1. The molecule has 7 heteroatoms. The van der Waals surface area contributed by atoms with Crippen LogP contribution in [0.1, 0.15) is 0 Å². The number of hydrogen-bond donors (Lipinski definition) is 3. The molecule has 4 N–H and O–H groups in total. The number of nitrogen functional groups attached to an aromatic ring is 1. The zero-order valence-corrected chi connectivity index (χ0v) is 10.5. The molecule has 6 nitrogen and oxygen atoms in total. The topological polar surface area (TPSA) is 79.1 Å². The highest BCUT2D eigenvalue weighted by molar-refractivity contribution is 7.99. The van der Waals surface area contributed by atoms with Crippen molar-refractivity contribution in [3.8, 4) is 0 Å². The zero-order valence-electron chi connectivity index (χ0n) is 9.72. The van der Waals surface area contributed by atoms with Gasteiger partial charge in [0.2, 0.25) is 0 Å². The van der Waals surface area contributed by atoms with E-state index < -0.39 is 0 Å².